The number of nitrogen functional groups attached to an aromatic ring is 1. The highest BCUT2D eigenvalue weighted by Gasteiger charge is 2.08. The van der Waals surface area contributed by atoms with Gasteiger partial charge in [-0.15, -0.1) is 0 Å². The molecule has 1 unspecified atom stereocenters. The summed E-state index contributed by atoms with van der Waals surface area (Å²) in [4.78, 5) is 0.464. The van der Waals surface area contributed by atoms with Crippen LogP contribution in [0, 0.1) is 5.82 Å². The summed E-state index contributed by atoms with van der Waals surface area (Å²) in [6.07, 6.45) is 0.979. The van der Waals surface area contributed by atoms with Gasteiger partial charge in [0, 0.05) is 4.90 Å². The Morgan fingerprint density at radius 2 is 1.74 bits per heavy atom. The summed E-state index contributed by atoms with van der Waals surface area (Å²) in [5, 5.41) is 0. The van der Waals surface area contributed by atoms with E-state index in [1.54, 1.807) is 6.07 Å². The van der Waals surface area contributed by atoms with E-state index >= 15 is 0 Å². The van der Waals surface area contributed by atoms with E-state index in [1.165, 1.54) is 17.7 Å². The Kier molecular flexibility index (Phi) is 4.32. The topological polar surface area (TPSA) is 43.1 Å². The molecule has 19 heavy (non-hydrogen) atoms. The van der Waals surface area contributed by atoms with Gasteiger partial charge < -0.3 is 5.73 Å². The highest BCUT2D eigenvalue weighted by molar-refractivity contribution is 7.84. The average molecular weight is 277 g/mol. The van der Waals surface area contributed by atoms with Gasteiger partial charge in [0.05, 0.1) is 22.2 Å². The third-order valence-electron chi connectivity index (χ3n) is 2.96. The molecule has 0 aliphatic heterocycles. The van der Waals surface area contributed by atoms with Crippen LogP contribution in [-0.2, 0) is 23.0 Å². The largest absolute Gasteiger partial charge is 0.396 e. The van der Waals surface area contributed by atoms with Crippen LogP contribution >= 0.6 is 0 Å². The minimum absolute atomic E-state index is 0.0769. The van der Waals surface area contributed by atoms with Crippen molar-refractivity contribution in [2.24, 2.45) is 0 Å². The Labute approximate surface area is 114 Å². The van der Waals surface area contributed by atoms with Crippen molar-refractivity contribution in [3.8, 4) is 0 Å². The predicted molar refractivity (Wildman–Crippen MR) is 76.7 cm³/mol. The molecule has 0 bridgehead atoms. The van der Waals surface area contributed by atoms with Crippen LogP contribution in [0.25, 0.3) is 0 Å². The zero-order valence-electron chi connectivity index (χ0n) is 10.7. The van der Waals surface area contributed by atoms with E-state index < -0.39 is 16.6 Å². The molecule has 2 aromatic carbocycles. The molecule has 0 radical (unpaired) electrons. The van der Waals surface area contributed by atoms with Crippen molar-refractivity contribution in [2.75, 3.05) is 5.73 Å². The zero-order chi connectivity index (χ0) is 13.8. The number of hydrogen-bond donors (Lipinski definition) is 1. The van der Waals surface area contributed by atoms with Crippen LogP contribution < -0.4 is 5.73 Å². The minimum atomic E-state index is -1.26. The van der Waals surface area contributed by atoms with Crippen molar-refractivity contribution >= 4 is 16.5 Å². The lowest BCUT2D eigenvalue weighted by Gasteiger charge is -2.05. The fourth-order valence-electron chi connectivity index (χ4n) is 1.76. The number of benzene rings is 2. The molecule has 0 spiro atoms. The van der Waals surface area contributed by atoms with Gasteiger partial charge in [0.1, 0.15) is 5.82 Å². The van der Waals surface area contributed by atoms with Gasteiger partial charge >= 0.3 is 0 Å². The summed E-state index contributed by atoms with van der Waals surface area (Å²) in [6.45, 7) is 2.09. The zero-order valence-corrected chi connectivity index (χ0v) is 11.5. The summed E-state index contributed by atoms with van der Waals surface area (Å²) >= 11 is 0. The molecule has 0 saturated carbocycles. The molecule has 0 aromatic heterocycles. The first kappa shape index (κ1) is 13.7. The lowest BCUT2D eigenvalue weighted by molar-refractivity contribution is 0.627. The summed E-state index contributed by atoms with van der Waals surface area (Å²) < 4.78 is 25.5. The molecule has 2 rings (SSSR count). The lowest BCUT2D eigenvalue weighted by atomic mass is 10.1. The Morgan fingerprint density at radius 3 is 2.32 bits per heavy atom. The van der Waals surface area contributed by atoms with E-state index in [1.807, 2.05) is 24.3 Å². The molecule has 0 aliphatic rings. The fraction of sp³-hybridized carbons (Fsp3) is 0.200. The van der Waals surface area contributed by atoms with E-state index in [2.05, 4.69) is 6.92 Å². The lowest BCUT2D eigenvalue weighted by Crippen LogP contribution is -1.99. The Bertz CT molecular complexity index is 596. The quantitative estimate of drug-likeness (QED) is 0.872. The molecule has 4 heteroatoms. The van der Waals surface area contributed by atoms with Crippen LogP contribution in [0.15, 0.2) is 47.4 Å². The van der Waals surface area contributed by atoms with Crippen molar-refractivity contribution in [2.45, 2.75) is 24.0 Å². The van der Waals surface area contributed by atoms with Crippen LogP contribution in [0.2, 0.25) is 0 Å². The first-order chi connectivity index (χ1) is 9.10. The molecule has 0 aliphatic carbocycles. The second-order valence-corrected chi connectivity index (χ2v) is 5.79. The number of aryl methyl sites for hydroxylation is 1. The van der Waals surface area contributed by atoms with Gasteiger partial charge in [-0.3, -0.25) is 4.21 Å². The van der Waals surface area contributed by atoms with E-state index in [0.29, 0.717) is 10.6 Å². The van der Waals surface area contributed by atoms with Crippen molar-refractivity contribution in [3.63, 3.8) is 0 Å². The monoisotopic (exact) mass is 277 g/mol. The van der Waals surface area contributed by atoms with Crippen molar-refractivity contribution in [1.29, 1.82) is 0 Å². The number of halogens is 1. The van der Waals surface area contributed by atoms with Crippen molar-refractivity contribution < 1.29 is 8.60 Å². The maximum atomic E-state index is 13.3. The normalized spacial score (nSPS) is 12.3. The summed E-state index contributed by atoms with van der Waals surface area (Å²) in [6, 6.07) is 12.3. The molecule has 0 amide bonds. The highest BCUT2D eigenvalue weighted by atomic mass is 32.2. The van der Waals surface area contributed by atoms with Gasteiger partial charge in [0.15, 0.2) is 0 Å². The van der Waals surface area contributed by atoms with E-state index in [4.69, 9.17) is 5.73 Å². The first-order valence-corrected chi connectivity index (χ1v) is 7.43. The molecular formula is C15H16FNOS. The van der Waals surface area contributed by atoms with E-state index in [9.17, 15) is 8.60 Å². The van der Waals surface area contributed by atoms with Crippen LogP contribution in [0.4, 0.5) is 10.1 Å². The average Bonchev–Trinajstić information content (AvgIpc) is 2.42. The van der Waals surface area contributed by atoms with Gasteiger partial charge in [0.2, 0.25) is 0 Å². The molecule has 0 fully saturated rings. The van der Waals surface area contributed by atoms with Crippen LogP contribution in [0.1, 0.15) is 18.1 Å². The van der Waals surface area contributed by atoms with Gasteiger partial charge in [-0.25, -0.2) is 4.39 Å². The van der Waals surface area contributed by atoms with Crippen LogP contribution in [0.3, 0.4) is 0 Å². The number of anilines is 1. The van der Waals surface area contributed by atoms with Gasteiger partial charge in [-0.2, -0.15) is 0 Å². The Hall–Kier alpha value is -1.68. The molecule has 2 N–H and O–H groups in total. The molecule has 0 heterocycles. The Morgan fingerprint density at radius 1 is 1.11 bits per heavy atom. The van der Waals surface area contributed by atoms with Crippen LogP contribution in [0.5, 0.6) is 0 Å². The summed E-state index contributed by atoms with van der Waals surface area (Å²) in [7, 11) is -1.26. The van der Waals surface area contributed by atoms with Crippen molar-refractivity contribution in [1.82, 2.24) is 0 Å². The molecule has 1 atom stereocenters. The van der Waals surface area contributed by atoms with Gasteiger partial charge in [-0.05, 0) is 35.7 Å². The SMILES string of the molecule is CCc1ccc(CS(=O)c2ccc(N)c(F)c2)cc1. The predicted octanol–water partition coefficient (Wildman–Crippen LogP) is 3.28. The van der Waals surface area contributed by atoms with Gasteiger partial charge in [-0.1, -0.05) is 31.2 Å². The number of nitrogens with two attached hydrogens (primary N) is 1. The summed E-state index contributed by atoms with van der Waals surface area (Å²) in [5.41, 5.74) is 7.70. The third kappa shape index (κ3) is 3.41. The third-order valence-corrected chi connectivity index (χ3v) is 4.34. The highest BCUT2D eigenvalue weighted by Crippen LogP contribution is 2.18. The maximum Gasteiger partial charge on any atom is 0.147 e. The van der Waals surface area contributed by atoms with E-state index in [-0.39, 0.29) is 5.69 Å². The van der Waals surface area contributed by atoms with E-state index in [0.717, 1.165) is 12.0 Å². The second-order valence-electron chi connectivity index (χ2n) is 4.34. The molecule has 2 nitrogen and oxygen atoms in total. The smallest absolute Gasteiger partial charge is 0.147 e. The molecular weight excluding hydrogens is 261 g/mol. The molecule has 100 valence electrons. The Balaban J connectivity index is 2.13. The molecule has 0 saturated heterocycles. The van der Waals surface area contributed by atoms with Crippen molar-refractivity contribution in [3.05, 3.63) is 59.4 Å². The molecule has 2 aromatic rings. The second kappa shape index (κ2) is 5.97. The minimum Gasteiger partial charge on any atom is -0.396 e. The maximum absolute atomic E-state index is 13.3. The van der Waals surface area contributed by atoms with Crippen LogP contribution in [-0.4, -0.2) is 4.21 Å². The summed E-state index contributed by atoms with van der Waals surface area (Å²) in [5.74, 6) is -0.139. The number of rotatable bonds is 4. The first-order valence-electron chi connectivity index (χ1n) is 6.11. The fourth-order valence-corrected chi connectivity index (χ4v) is 2.87. The number of hydrogen-bond acceptors (Lipinski definition) is 2. The van der Waals surface area contributed by atoms with Gasteiger partial charge in [0.25, 0.3) is 0 Å². The standard InChI is InChI=1S/C15H16FNOS/c1-2-11-3-5-12(6-4-11)10-19(18)13-7-8-15(17)14(16)9-13/h3-9H,2,10,17H2,1H3.